The van der Waals surface area contributed by atoms with Crippen LogP contribution < -0.4 is 16.0 Å². The van der Waals surface area contributed by atoms with Crippen LogP contribution in [0.4, 0.5) is 42.0 Å². The minimum atomic E-state index is -5.05. The number of fused-ring (bicyclic) bond motifs is 1. The molecule has 1 amide bonds. The molecule has 0 unspecified atom stereocenters. The Morgan fingerprint density at radius 1 is 1.34 bits per heavy atom. The number of imidazole rings is 1. The van der Waals surface area contributed by atoms with E-state index in [1.54, 1.807) is 6.07 Å². The second-order valence-electron chi connectivity index (χ2n) is 6.49. The zero-order chi connectivity index (χ0) is 21.3. The Hall–Kier alpha value is -3.62. The summed E-state index contributed by atoms with van der Waals surface area (Å²) in [5.74, 6) is -2.15. The molecule has 3 rings (SSSR count). The number of halogens is 3. The van der Waals surface area contributed by atoms with Gasteiger partial charge in [0.2, 0.25) is 0 Å². The van der Waals surface area contributed by atoms with Crippen molar-refractivity contribution in [3.63, 3.8) is 0 Å². The number of carbonyl (C=O) groups is 1. The van der Waals surface area contributed by atoms with Crippen molar-refractivity contribution in [1.82, 2.24) is 9.55 Å². The van der Waals surface area contributed by atoms with Crippen molar-refractivity contribution in [3.05, 3.63) is 23.4 Å². The SMILES string of the molecule is CN1CCCc2cc(N=Nc3nc(N)c(C#N)n3C)c(NC(=O)C(F)(F)F)cc21. The van der Waals surface area contributed by atoms with Crippen LogP contribution in [0.1, 0.15) is 17.7 Å². The zero-order valence-electron chi connectivity index (χ0n) is 15.6. The van der Waals surface area contributed by atoms with Crippen molar-refractivity contribution in [1.29, 1.82) is 5.26 Å². The van der Waals surface area contributed by atoms with E-state index in [0.717, 1.165) is 18.5 Å². The molecule has 0 aliphatic carbocycles. The van der Waals surface area contributed by atoms with Gasteiger partial charge >= 0.3 is 12.1 Å². The van der Waals surface area contributed by atoms with Gasteiger partial charge in [-0.15, -0.1) is 10.2 Å². The summed E-state index contributed by atoms with van der Waals surface area (Å²) >= 11 is 0. The van der Waals surface area contributed by atoms with Crippen LogP contribution in [-0.4, -0.2) is 35.2 Å². The van der Waals surface area contributed by atoms with Gasteiger partial charge in [0.05, 0.1) is 5.69 Å². The first-order chi connectivity index (χ1) is 13.6. The van der Waals surface area contributed by atoms with Crippen molar-refractivity contribution in [2.75, 3.05) is 29.5 Å². The highest BCUT2D eigenvalue weighted by Gasteiger charge is 2.39. The van der Waals surface area contributed by atoms with Crippen LogP contribution in [0.3, 0.4) is 0 Å². The minimum Gasteiger partial charge on any atom is -0.381 e. The lowest BCUT2D eigenvalue weighted by molar-refractivity contribution is -0.167. The number of hydrogen-bond donors (Lipinski definition) is 2. The molecule has 2 aromatic rings. The third kappa shape index (κ3) is 3.98. The maximum Gasteiger partial charge on any atom is 0.471 e. The molecule has 1 aliphatic rings. The van der Waals surface area contributed by atoms with E-state index in [-0.39, 0.29) is 28.8 Å². The Bertz CT molecular complexity index is 1030. The number of nitrogen functional groups attached to an aromatic ring is 1. The number of nitrogens with one attached hydrogen (secondary N) is 1. The normalized spacial score (nSPS) is 14.0. The summed E-state index contributed by atoms with van der Waals surface area (Å²) < 4.78 is 39.5. The van der Waals surface area contributed by atoms with Crippen molar-refractivity contribution >= 4 is 34.7 Å². The second kappa shape index (κ2) is 7.42. The lowest BCUT2D eigenvalue weighted by Crippen LogP contribution is -2.30. The average Bonchev–Trinajstić information content (AvgIpc) is 2.92. The van der Waals surface area contributed by atoms with Crippen LogP contribution in [0.25, 0.3) is 0 Å². The second-order valence-corrected chi connectivity index (χ2v) is 6.49. The molecule has 12 heteroatoms. The van der Waals surface area contributed by atoms with Crippen LogP contribution in [0.15, 0.2) is 22.4 Å². The standard InChI is InChI=1S/C17H17F3N8O/c1-27-5-3-4-9-6-11(10(7-12(9)27)23-15(29)17(18,19)20)25-26-16-24-14(22)13(8-21)28(16)2/h6-7H,3-5,22H2,1-2H3,(H,23,29). The molecule has 1 aromatic heterocycles. The summed E-state index contributed by atoms with van der Waals surface area (Å²) in [5.41, 5.74) is 7.19. The highest BCUT2D eigenvalue weighted by atomic mass is 19.4. The fraction of sp³-hybridized carbons (Fsp3) is 0.353. The molecule has 2 heterocycles. The fourth-order valence-corrected chi connectivity index (χ4v) is 3.01. The third-order valence-electron chi connectivity index (χ3n) is 4.51. The molecule has 0 radical (unpaired) electrons. The molecule has 29 heavy (non-hydrogen) atoms. The van der Waals surface area contributed by atoms with Gasteiger partial charge in [-0.1, -0.05) is 0 Å². The lowest BCUT2D eigenvalue weighted by Gasteiger charge is -2.28. The molecule has 0 atom stereocenters. The van der Waals surface area contributed by atoms with Gasteiger partial charge in [0.1, 0.15) is 11.8 Å². The van der Waals surface area contributed by atoms with Gasteiger partial charge in [0.25, 0.3) is 5.95 Å². The third-order valence-corrected chi connectivity index (χ3v) is 4.51. The molecule has 1 aliphatic heterocycles. The van der Waals surface area contributed by atoms with E-state index < -0.39 is 12.1 Å². The van der Waals surface area contributed by atoms with Crippen molar-refractivity contribution in [2.24, 2.45) is 17.3 Å². The average molecular weight is 406 g/mol. The lowest BCUT2D eigenvalue weighted by atomic mass is 10.0. The monoisotopic (exact) mass is 406 g/mol. The van der Waals surface area contributed by atoms with Gasteiger partial charge in [-0.05, 0) is 30.5 Å². The summed E-state index contributed by atoms with van der Waals surface area (Å²) in [5, 5.41) is 18.8. The topological polar surface area (TPSA) is 125 Å². The predicted octanol–water partition coefficient (Wildman–Crippen LogP) is 3.17. The molecule has 0 bridgehead atoms. The van der Waals surface area contributed by atoms with Crippen molar-refractivity contribution < 1.29 is 18.0 Å². The van der Waals surface area contributed by atoms with Gasteiger partial charge in [0.15, 0.2) is 11.5 Å². The van der Waals surface area contributed by atoms with E-state index >= 15 is 0 Å². The van der Waals surface area contributed by atoms with Crippen molar-refractivity contribution in [3.8, 4) is 6.07 Å². The molecular formula is C17H17F3N8O. The maximum absolute atomic E-state index is 12.7. The Morgan fingerprint density at radius 2 is 2.07 bits per heavy atom. The van der Waals surface area contributed by atoms with Gasteiger partial charge < -0.3 is 20.5 Å². The summed E-state index contributed by atoms with van der Waals surface area (Å²) in [6, 6.07) is 4.89. The molecule has 152 valence electrons. The number of benzene rings is 1. The van der Waals surface area contributed by atoms with Gasteiger partial charge in [-0.3, -0.25) is 4.79 Å². The van der Waals surface area contributed by atoms with Crippen LogP contribution in [0, 0.1) is 11.3 Å². The van der Waals surface area contributed by atoms with E-state index in [2.05, 4.69) is 15.2 Å². The van der Waals surface area contributed by atoms with Gasteiger partial charge in [0, 0.05) is 26.3 Å². The van der Waals surface area contributed by atoms with E-state index in [1.165, 1.54) is 17.7 Å². The molecular weight excluding hydrogens is 389 g/mol. The molecule has 3 N–H and O–H groups in total. The number of nitrogens with zero attached hydrogens (tertiary/aromatic N) is 6. The number of nitriles is 1. The Labute approximate surface area is 163 Å². The van der Waals surface area contributed by atoms with E-state index in [9.17, 15) is 18.0 Å². The summed E-state index contributed by atoms with van der Waals surface area (Å²) in [6.45, 7) is 0.740. The van der Waals surface area contributed by atoms with Crippen LogP contribution >= 0.6 is 0 Å². The number of aryl methyl sites for hydroxylation is 1. The van der Waals surface area contributed by atoms with E-state index in [1.807, 2.05) is 23.3 Å². The van der Waals surface area contributed by atoms with Crippen molar-refractivity contribution in [2.45, 2.75) is 19.0 Å². The van der Waals surface area contributed by atoms with E-state index in [4.69, 9.17) is 11.0 Å². The predicted molar refractivity (Wildman–Crippen MR) is 99.2 cm³/mol. The number of aromatic nitrogens is 2. The quantitative estimate of drug-likeness (QED) is 0.758. The first-order valence-electron chi connectivity index (χ1n) is 8.52. The van der Waals surface area contributed by atoms with Gasteiger partial charge in [-0.25, -0.2) is 0 Å². The number of hydrogen-bond acceptors (Lipinski definition) is 7. The summed E-state index contributed by atoms with van der Waals surface area (Å²) in [7, 11) is 3.32. The van der Waals surface area contributed by atoms with Crippen LogP contribution in [0.5, 0.6) is 0 Å². The number of carbonyl (C=O) groups excluding carboxylic acids is 1. The molecule has 0 saturated carbocycles. The van der Waals surface area contributed by atoms with Crippen LogP contribution in [0.2, 0.25) is 0 Å². The molecule has 9 nitrogen and oxygen atoms in total. The first kappa shape index (κ1) is 20.1. The number of amides is 1. The fourth-order valence-electron chi connectivity index (χ4n) is 3.01. The number of nitrogens with two attached hydrogens (primary N) is 1. The van der Waals surface area contributed by atoms with Gasteiger partial charge in [-0.2, -0.15) is 23.4 Å². The minimum absolute atomic E-state index is 0.00184. The zero-order valence-corrected chi connectivity index (χ0v) is 15.6. The first-order valence-corrected chi connectivity index (χ1v) is 8.52. The highest BCUT2D eigenvalue weighted by Crippen LogP contribution is 2.37. The van der Waals surface area contributed by atoms with E-state index in [0.29, 0.717) is 12.1 Å². The summed E-state index contributed by atoms with van der Waals surface area (Å²) in [4.78, 5) is 17.3. The molecule has 0 spiro atoms. The highest BCUT2D eigenvalue weighted by molar-refractivity contribution is 5.98. The Balaban J connectivity index is 2.04. The molecule has 1 aromatic carbocycles. The number of anilines is 3. The molecule has 0 saturated heterocycles. The Kier molecular flexibility index (Phi) is 5.15. The molecule has 0 fully saturated rings. The Morgan fingerprint density at radius 3 is 2.69 bits per heavy atom. The number of alkyl halides is 3. The summed E-state index contributed by atoms with van der Waals surface area (Å²) in [6.07, 6.45) is -3.47. The number of azo groups is 1. The maximum atomic E-state index is 12.7. The largest absolute Gasteiger partial charge is 0.471 e. The number of rotatable bonds is 3. The smallest absolute Gasteiger partial charge is 0.381 e. The van der Waals surface area contributed by atoms with Crippen LogP contribution in [-0.2, 0) is 18.3 Å².